The van der Waals surface area contributed by atoms with Crippen molar-refractivity contribution in [3.05, 3.63) is 59.9 Å². The van der Waals surface area contributed by atoms with Gasteiger partial charge in [-0.2, -0.15) is 0 Å². The zero-order chi connectivity index (χ0) is 17.6. The number of nitrogens with zero attached hydrogens (tertiary/aromatic N) is 1. The predicted octanol–water partition coefficient (Wildman–Crippen LogP) is 3.84. The van der Waals surface area contributed by atoms with E-state index in [1.165, 1.54) is 11.6 Å². The van der Waals surface area contributed by atoms with E-state index in [2.05, 4.69) is 36.6 Å². The van der Waals surface area contributed by atoms with Crippen LogP contribution in [-0.4, -0.2) is 30.1 Å². The van der Waals surface area contributed by atoms with Crippen molar-refractivity contribution in [2.24, 2.45) is 0 Å². The van der Waals surface area contributed by atoms with Gasteiger partial charge in [-0.15, -0.1) is 11.8 Å². The Bertz CT molecular complexity index is 840. The summed E-state index contributed by atoms with van der Waals surface area (Å²) in [6.07, 6.45) is 7.70. The Balaban J connectivity index is 1.77. The number of Topliss-reactive ketones (excluding diaryl/α,β-unsaturated/α-hetero) is 1. The number of benzene rings is 1. The van der Waals surface area contributed by atoms with E-state index in [0.717, 1.165) is 28.4 Å². The first-order chi connectivity index (χ1) is 12.1. The van der Waals surface area contributed by atoms with Crippen LogP contribution in [0.1, 0.15) is 35.2 Å². The van der Waals surface area contributed by atoms with Gasteiger partial charge in [0.05, 0.1) is 6.04 Å². The monoisotopic (exact) mass is 353 g/mol. The number of likely N-dealkylation sites (N-methyl/N-ethyl adjacent to an activating group) is 1. The molecular formula is C20H19NO3S. The molecule has 3 aliphatic rings. The number of rotatable bonds is 3. The molecule has 2 atom stereocenters. The molecule has 1 aromatic carbocycles. The summed E-state index contributed by atoms with van der Waals surface area (Å²) < 4.78 is 5.30. The highest BCUT2D eigenvalue weighted by atomic mass is 32.2. The van der Waals surface area contributed by atoms with Gasteiger partial charge >= 0.3 is 5.97 Å². The third-order valence-electron chi connectivity index (χ3n) is 4.94. The third-order valence-corrected chi connectivity index (χ3v) is 6.00. The van der Waals surface area contributed by atoms with Gasteiger partial charge in [-0.3, -0.25) is 4.79 Å². The van der Waals surface area contributed by atoms with E-state index >= 15 is 0 Å². The van der Waals surface area contributed by atoms with Crippen LogP contribution in [0.25, 0.3) is 0 Å². The summed E-state index contributed by atoms with van der Waals surface area (Å²) in [4.78, 5) is 27.2. The van der Waals surface area contributed by atoms with Gasteiger partial charge in [-0.1, -0.05) is 12.7 Å². The van der Waals surface area contributed by atoms with Crippen LogP contribution in [0.15, 0.2) is 53.7 Å². The summed E-state index contributed by atoms with van der Waals surface area (Å²) in [7, 11) is 0. The lowest BCUT2D eigenvalue weighted by Gasteiger charge is -2.28. The summed E-state index contributed by atoms with van der Waals surface area (Å²) in [6, 6.07) is 4.40. The third kappa shape index (κ3) is 2.63. The van der Waals surface area contributed by atoms with Gasteiger partial charge in [0.1, 0.15) is 5.76 Å². The fourth-order valence-electron chi connectivity index (χ4n) is 3.81. The lowest BCUT2D eigenvalue weighted by Crippen LogP contribution is -2.33. The average Bonchev–Trinajstić information content (AvgIpc) is 2.92. The van der Waals surface area contributed by atoms with Gasteiger partial charge in [0.2, 0.25) is 0 Å². The van der Waals surface area contributed by atoms with Crippen molar-refractivity contribution >= 4 is 29.2 Å². The van der Waals surface area contributed by atoms with Gasteiger partial charge < -0.3 is 9.64 Å². The number of anilines is 1. The maximum absolute atomic E-state index is 12.3. The standard InChI is InChI=1S/C20H19NO3S/c1-3-20(23)24-12-5-6-16-13(9-12)14-11-19-15(18(22)7-8-25-19)10-17(14)21(16)4-2/h3,5-6,9-11,13,16H,1,4,7-8H2,2H3. The number of ether oxygens (including phenoxy) is 1. The number of hydrogen-bond donors (Lipinski definition) is 0. The summed E-state index contributed by atoms with van der Waals surface area (Å²) >= 11 is 1.75. The molecule has 25 heavy (non-hydrogen) atoms. The Labute approximate surface area is 151 Å². The van der Waals surface area contributed by atoms with Crippen molar-refractivity contribution < 1.29 is 14.3 Å². The molecule has 0 saturated carbocycles. The molecule has 0 radical (unpaired) electrons. The maximum Gasteiger partial charge on any atom is 0.335 e. The van der Waals surface area contributed by atoms with Crippen LogP contribution in [-0.2, 0) is 9.53 Å². The first-order valence-electron chi connectivity index (χ1n) is 8.47. The van der Waals surface area contributed by atoms with E-state index in [1.807, 2.05) is 12.2 Å². The number of carbonyl (C=O) groups is 2. The van der Waals surface area contributed by atoms with E-state index < -0.39 is 5.97 Å². The van der Waals surface area contributed by atoms with Crippen LogP contribution in [0, 0.1) is 0 Å². The molecule has 4 nitrogen and oxygen atoms in total. The fourth-order valence-corrected chi connectivity index (χ4v) is 4.85. The van der Waals surface area contributed by atoms with Crippen molar-refractivity contribution in [1.29, 1.82) is 0 Å². The smallest absolute Gasteiger partial charge is 0.335 e. The number of thioether (sulfide) groups is 1. The zero-order valence-corrected chi connectivity index (χ0v) is 14.8. The molecule has 128 valence electrons. The molecule has 0 saturated heterocycles. The van der Waals surface area contributed by atoms with Crippen LogP contribution in [0.5, 0.6) is 0 Å². The molecule has 0 fully saturated rings. The minimum absolute atomic E-state index is 0.121. The van der Waals surface area contributed by atoms with Crippen LogP contribution in [0.3, 0.4) is 0 Å². The highest BCUT2D eigenvalue weighted by Gasteiger charge is 2.38. The number of ketones is 1. The summed E-state index contributed by atoms with van der Waals surface area (Å²) in [5.41, 5.74) is 3.16. The Hall–Kier alpha value is -2.27. The molecule has 0 N–H and O–H groups in total. The van der Waals surface area contributed by atoms with E-state index in [9.17, 15) is 9.59 Å². The quantitative estimate of drug-likeness (QED) is 0.610. The van der Waals surface area contributed by atoms with Crippen LogP contribution in [0.2, 0.25) is 0 Å². The Morgan fingerprint density at radius 1 is 1.48 bits per heavy atom. The van der Waals surface area contributed by atoms with Crippen LogP contribution in [0.4, 0.5) is 5.69 Å². The van der Waals surface area contributed by atoms with Gasteiger partial charge in [-0.25, -0.2) is 4.79 Å². The molecule has 0 spiro atoms. The van der Waals surface area contributed by atoms with E-state index in [1.54, 1.807) is 11.8 Å². The molecule has 0 amide bonds. The Morgan fingerprint density at radius 3 is 3.08 bits per heavy atom. The molecule has 5 heteroatoms. The van der Waals surface area contributed by atoms with Gasteiger partial charge in [0.25, 0.3) is 0 Å². The highest BCUT2D eigenvalue weighted by molar-refractivity contribution is 7.99. The lowest BCUT2D eigenvalue weighted by molar-refractivity contribution is -0.133. The first-order valence-corrected chi connectivity index (χ1v) is 9.45. The summed E-state index contributed by atoms with van der Waals surface area (Å²) in [5.74, 6) is 1.29. The highest BCUT2D eigenvalue weighted by Crippen LogP contribution is 2.47. The molecule has 2 aliphatic heterocycles. The molecule has 2 unspecified atom stereocenters. The molecule has 1 aliphatic carbocycles. The molecular weight excluding hydrogens is 334 g/mol. The minimum atomic E-state index is -0.452. The topological polar surface area (TPSA) is 46.6 Å². The summed E-state index contributed by atoms with van der Waals surface area (Å²) in [6.45, 7) is 6.41. The van der Waals surface area contributed by atoms with Crippen molar-refractivity contribution in [1.82, 2.24) is 0 Å². The SMILES string of the molecule is C=CC(=O)OC1=CC2c3cc4c(cc3N(CC)C2C=C1)C(=O)CCS4. The van der Waals surface area contributed by atoms with Crippen molar-refractivity contribution in [3.63, 3.8) is 0 Å². The first kappa shape index (κ1) is 16.2. The van der Waals surface area contributed by atoms with Gasteiger partial charge in [0, 0.05) is 46.9 Å². The largest absolute Gasteiger partial charge is 0.424 e. The number of fused-ring (bicyclic) bond motifs is 4. The second-order valence-electron chi connectivity index (χ2n) is 6.28. The molecule has 0 bridgehead atoms. The Morgan fingerprint density at radius 2 is 2.32 bits per heavy atom. The minimum Gasteiger partial charge on any atom is -0.424 e. The van der Waals surface area contributed by atoms with Crippen molar-refractivity contribution in [3.8, 4) is 0 Å². The number of esters is 1. The van der Waals surface area contributed by atoms with Crippen molar-refractivity contribution in [2.75, 3.05) is 17.2 Å². The molecule has 1 aromatic rings. The number of carbonyl (C=O) groups excluding carboxylic acids is 2. The Kier molecular flexibility index (Phi) is 4.04. The number of allylic oxidation sites excluding steroid dienone is 1. The van der Waals surface area contributed by atoms with Crippen LogP contribution < -0.4 is 4.90 Å². The van der Waals surface area contributed by atoms with Gasteiger partial charge in [0.15, 0.2) is 5.78 Å². The molecule has 4 rings (SSSR count). The van der Waals surface area contributed by atoms with E-state index in [4.69, 9.17) is 4.74 Å². The number of hydrogen-bond acceptors (Lipinski definition) is 5. The van der Waals surface area contributed by atoms with Gasteiger partial charge in [-0.05, 0) is 36.8 Å². The van der Waals surface area contributed by atoms with E-state index in [0.29, 0.717) is 12.2 Å². The second-order valence-corrected chi connectivity index (χ2v) is 7.42. The summed E-state index contributed by atoms with van der Waals surface area (Å²) in [5, 5.41) is 0. The lowest BCUT2D eigenvalue weighted by atomic mass is 9.90. The molecule has 2 heterocycles. The zero-order valence-electron chi connectivity index (χ0n) is 14.0. The second kappa shape index (κ2) is 6.23. The normalized spacial score (nSPS) is 23.5. The van der Waals surface area contributed by atoms with Crippen molar-refractivity contribution in [2.45, 2.75) is 30.2 Å². The van der Waals surface area contributed by atoms with Crippen LogP contribution >= 0.6 is 11.8 Å². The predicted molar refractivity (Wildman–Crippen MR) is 99.2 cm³/mol. The average molecular weight is 353 g/mol. The molecule has 0 aromatic heterocycles. The van der Waals surface area contributed by atoms with E-state index in [-0.39, 0.29) is 17.7 Å². The fraction of sp³-hybridized carbons (Fsp3) is 0.300. The maximum atomic E-state index is 12.3.